The van der Waals surface area contributed by atoms with Crippen molar-refractivity contribution in [1.82, 2.24) is 25.6 Å². The molecule has 2 N–H and O–H groups in total. The molecule has 48 heavy (non-hydrogen) atoms. The number of aromatic nitrogens is 3. The normalized spacial score (nSPS) is 12.8. The van der Waals surface area contributed by atoms with Crippen LogP contribution in [0.15, 0.2) is 48.5 Å². The van der Waals surface area contributed by atoms with E-state index >= 15 is 0 Å². The van der Waals surface area contributed by atoms with E-state index in [1.54, 1.807) is 11.8 Å². The molecule has 0 atom stereocenters. The molecule has 4 rings (SSSR count). The molecule has 0 saturated heterocycles. The number of likely N-dealkylation sites (N-methyl/N-ethyl adjacent to an activating group) is 1. The molecule has 3 aromatic rings. The second kappa shape index (κ2) is 16.9. The number of amides is 2. The number of rotatable bonds is 18. The van der Waals surface area contributed by atoms with Gasteiger partial charge in [0.2, 0.25) is 11.8 Å². The van der Waals surface area contributed by atoms with Gasteiger partial charge in [-0.3, -0.25) is 14.4 Å². The summed E-state index contributed by atoms with van der Waals surface area (Å²) in [6, 6.07) is 15.8. The highest BCUT2D eigenvalue weighted by molar-refractivity contribution is 6.01. The number of aryl methyl sites for hydroxylation is 1. The molecule has 2 aromatic carbocycles. The molecule has 1 aromatic heterocycles. The molecule has 0 fully saturated rings. The maximum absolute atomic E-state index is 13.8. The van der Waals surface area contributed by atoms with Crippen LogP contribution in [0.3, 0.4) is 0 Å². The number of ketones is 1. The standard InChI is InChI=1S/C37H52N6O5/c1-27(44)36(2,3)19-24-48-37(4,5)18-20-39-32(45)16-17-33(46)42-26-28-12-7-8-13-29(28)35-34(30-14-9-10-15-31(30)42)40-41-43(35)22-11-23-47-25-21-38-6/h7-10,12-15,38H,11,16-26H2,1-6H3,(H,39,45). The third-order valence-electron chi connectivity index (χ3n) is 9.03. The molecule has 0 aliphatic carbocycles. The van der Waals surface area contributed by atoms with Crippen molar-refractivity contribution in [3.8, 4) is 22.5 Å². The SMILES string of the molecule is CNCCOCCCn1nnc2c1-c1ccccc1CN(C(=O)CCC(=O)NCCC(C)(C)OCCC(C)(C)C(C)=O)c1ccccc1-2. The highest BCUT2D eigenvalue weighted by Crippen LogP contribution is 2.41. The summed E-state index contributed by atoms with van der Waals surface area (Å²) in [4.78, 5) is 40.2. The first kappa shape index (κ1) is 36.9. The summed E-state index contributed by atoms with van der Waals surface area (Å²) in [5.74, 6) is -0.184. The van der Waals surface area contributed by atoms with E-state index in [1.165, 1.54) is 0 Å². The monoisotopic (exact) mass is 660 g/mol. The highest BCUT2D eigenvalue weighted by atomic mass is 16.5. The van der Waals surface area contributed by atoms with Crippen LogP contribution in [0, 0.1) is 5.41 Å². The van der Waals surface area contributed by atoms with Crippen LogP contribution >= 0.6 is 0 Å². The molecule has 0 bridgehead atoms. The van der Waals surface area contributed by atoms with Crippen molar-refractivity contribution in [3.63, 3.8) is 0 Å². The zero-order valence-electron chi connectivity index (χ0n) is 29.4. The summed E-state index contributed by atoms with van der Waals surface area (Å²) < 4.78 is 13.7. The summed E-state index contributed by atoms with van der Waals surface area (Å²) in [6.07, 6.45) is 2.17. The Morgan fingerprint density at radius 1 is 0.896 bits per heavy atom. The lowest BCUT2D eigenvalue weighted by Gasteiger charge is -2.29. The Bertz CT molecular complexity index is 1550. The number of hydrogen-bond donors (Lipinski definition) is 2. The fraction of sp³-hybridized carbons (Fsp3) is 0.541. The van der Waals surface area contributed by atoms with Crippen LogP contribution in [-0.4, -0.2) is 78.2 Å². The van der Waals surface area contributed by atoms with Gasteiger partial charge in [-0.15, -0.1) is 5.10 Å². The average molecular weight is 661 g/mol. The first-order valence-corrected chi connectivity index (χ1v) is 17.0. The minimum Gasteiger partial charge on any atom is -0.380 e. The minimum absolute atomic E-state index is 0.0649. The number of ether oxygens (including phenoxy) is 2. The molecule has 11 heteroatoms. The number of nitrogens with zero attached hydrogens (tertiary/aromatic N) is 4. The fourth-order valence-electron chi connectivity index (χ4n) is 5.56. The van der Waals surface area contributed by atoms with Gasteiger partial charge >= 0.3 is 0 Å². The molecule has 2 heterocycles. The molecular weight excluding hydrogens is 608 g/mol. The molecule has 11 nitrogen and oxygen atoms in total. The smallest absolute Gasteiger partial charge is 0.227 e. The van der Waals surface area contributed by atoms with E-state index in [0.29, 0.717) is 52.3 Å². The third-order valence-corrected chi connectivity index (χ3v) is 9.03. The summed E-state index contributed by atoms with van der Waals surface area (Å²) in [5, 5.41) is 15.2. The number of Topliss-reactive ketones (excluding diaryl/α,β-unsaturated/α-hetero) is 1. The summed E-state index contributed by atoms with van der Waals surface area (Å²) in [7, 11) is 1.90. The average Bonchev–Trinajstić information content (AvgIpc) is 3.46. The van der Waals surface area contributed by atoms with Crippen LogP contribution in [0.25, 0.3) is 22.5 Å². The van der Waals surface area contributed by atoms with E-state index in [0.717, 1.165) is 46.7 Å². The van der Waals surface area contributed by atoms with Gasteiger partial charge in [0.15, 0.2) is 0 Å². The molecule has 0 radical (unpaired) electrons. The second-order valence-electron chi connectivity index (χ2n) is 13.6. The van der Waals surface area contributed by atoms with E-state index in [2.05, 4.69) is 27.0 Å². The largest absolute Gasteiger partial charge is 0.380 e. The fourth-order valence-corrected chi connectivity index (χ4v) is 5.56. The minimum atomic E-state index is -0.460. The van der Waals surface area contributed by atoms with Crippen molar-refractivity contribution in [2.75, 3.05) is 44.9 Å². The van der Waals surface area contributed by atoms with E-state index in [-0.39, 0.29) is 30.4 Å². The molecule has 260 valence electrons. The van der Waals surface area contributed by atoms with E-state index < -0.39 is 11.0 Å². The van der Waals surface area contributed by atoms with Gasteiger partial charge in [-0.2, -0.15) is 0 Å². The summed E-state index contributed by atoms with van der Waals surface area (Å²) >= 11 is 0. The quantitative estimate of drug-likeness (QED) is 0.179. The molecular formula is C37H52N6O5. The summed E-state index contributed by atoms with van der Waals surface area (Å²) in [6.45, 7) is 13.4. The van der Waals surface area contributed by atoms with Crippen LogP contribution in [0.1, 0.15) is 72.3 Å². The second-order valence-corrected chi connectivity index (χ2v) is 13.6. The third kappa shape index (κ3) is 9.81. The first-order chi connectivity index (χ1) is 22.9. The number of nitrogens with one attached hydrogen (secondary N) is 2. The van der Waals surface area contributed by atoms with Crippen molar-refractivity contribution in [2.45, 2.75) is 85.4 Å². The van der Waals surface area contributed by atoms with Crippen LogP contribution in [0.4, 0.5) is 5.69 Å². The van der Waals surface area contributed by atoms with E-state index in [9.17, 15) is 14.4 Å². The highest BCUT2D eigenvalue weighted by Gasteiger charge is 2.29. The number of carbonyl (C=O) groups is 3. The molecule has 1 aliphatic heterocycles. The van der Waals surface area contributed by atoms with Gasteiger partial charge in [0.05, 0.1) is 30.1 Å². The Balaban J connectivity index is 1.40. The van der Waals surface area contributed by atoms with Crippen molar-refractivity contribution in [2.24, 2.45) is 5.41 Å². The molecule has 0 unspecified atom stereocenters. The number of carbonyl (C=O) groups excluding carboxylic acids is 3. The number of para-hydroxylation sites is 1. The van der Waals surface area contributed by atoms with Gasteiger partial charge in [0.1, 0.15) is 11.5 Å². The first-order valence-electron chi connectivity index (χ1n) is 17.0. The van der Waals surface area contributed by atoms with Gasteiger partial charge in [-0.05, 0) is 58.7 Å². The maximum atomic E-state index is 13.8. The zero-order valence-corrected chi connectivity index (χ0v) is 29.4. The van der Waals surface area contributed by atoms with E-state index in [1.807, 2.05) is 81.9 Å². The van der Waals surface area contributed by atoms with Crippen LogP contribution in [0.2, 0.25) is 0 Å². The van der Waals surface area contributed by atoms with Gasteiger partial charge in [0.25, 0.3) is 0 Å². The predicted octanol–water partition coefficient (Wildman–Crippen LogP) is 5.17. The molecule has 2 amide bonds. The van der Waals surface area contributed by atoms with Crippen LogP contribution in [0.5, 0.6) is 0 Å². The lowest BCUT2D eigenvalue weighted by molar-refractivity contribution is -0.127. The van der Waals surface area contributed by atoms with Crippen LogP contribution in [-0.2, 0) is 36.9 Å². The molecule has 1 aliphatic rings. The Morgan fingerprint density at radius 3 is 2.38 bits per heavy atom. The Hall–Kier alpha value is -3.93. The Morgan fingerprint density at radius 2 is 1.62 bits per heavy atom. The number of fused-ring (bicyclic) bond motifs is 5. The Labute approximate surface area is 284 Å². The topological polar surface area (TPSA) is 128 Å². The van der Waals surface area contributed by atoms with Gasteiger partial charge in [-0.25, -0.2) is 4.68 Å². The van der Waals surface area contributed by atoms with Gasteiger partial charge in [0, 0.05) is 62.2 Å². The van der Waals surface area contributed by atoms with Crippen molar-refractivity contribution >= 4 is 23.3 Å². The van der Waals surface area contributed by atoms with Crippen molar-refractivity contribution < 1.29 is 23.9 Å². The lowest BCUT2D eigenvalue weighted by atomic mass is 9.86. The van der Waals surface area contributed by atoms with Gasteiger partial charge in [-0.1, -0.05) is 61.5 Å². The zero-order chi connectivity index (χ0) is 34.7. The van der Waals surface area contributed by atoms with Crippen molar-refractivity contribution in [3.05, 3.63) is 54.1 Å². The molecule has 0 saturated carbocycles. The lowest BCUT2D eigenvalue weighted by Crippen LogP contribution is -2.35. The number of hydrogen-bond acceptors (Lipinski definition) is 8. The van der Waals surface area contributed by atoms with Crippen molar-refractivity contribution in [1.29, 1.82) is 0 Å². The maximum Gasteiger partial charge on any atom is 0.227 e. The van der Waals surface area contributed by atoms with Crippen LogP contribution < -0.4 is 15.5 Å². The number of benzene rings is 2. The number of anilines is 1. The van der Waals surface area contributed by atoms with Gasteiger partial charge < -0.3 is 25.0 Å². The Kier molecular flexibility index (Phi) is 13.0. The summed E-state index contributed by atoms with van der Waals surface area (Å²) in [5.41, 5.74) is 4.29. The predicted molar refractivity (Wildman–Crippen MR) is 187 cm³/mol. The molecule has 0 spiro atoms. The van der Waals surface area contributed by atoms with E-state index in [4.69, 9.17) is 9.47 Å².